The fourth-order valence-corrected chi connectivity index (χ4v) is 3.56. The Labute approximate surface area is 173 Å². The van der Waals surface area contributed by atoms with Crippen LogP contribution in [0.1, 0.15) is 32.3 Å². The fraction of sp³-hybridized carbons (Fsp3) is 0.263. The number of alkyl halides is 2. The number of rotatable bonds is 6. The van der Waals surface area contributed by atoms with Crippen molar-refractivity contribution in [2.24, 2.45) is 0 Å². The van der Waals surface area contributed by atoms with E-state index in [4.69, 9.17) is 16.3 Å². The molecule has 0 fully saturated rings. The van der Waals surface area contributed by atoms with Gasteiger partial charge in [-0.3, -0.25) is 9.36 Å². The molecule has 1 N–H and O–H groups in total. The summed E-state index contributed by atoms with van der Waals surface area (Å²) >= 11 is 9.21. The number of carbonyl (C=O) groups is 1. The molecule has 2 atom stereocenters. The molecule has 0 spiro atoms. The van der Waals surface area contributed by atoms with Crippen LogP contribution in [0.5, 0.6) is 5.75 Å². The van der Waals surface area contributed by atoms with Crippen molar-refractivity contribution < 1.29 is 18.3 Å². The van der Waals surface area contributed by atoms with Crippen LogP contribution in [0, 0.1) is 0 Å². The number of benzene rings is 2. The highest BCUT2D eigenvalue weighted by Gasteiger charge is 2.25. The van der Waals surface area contributed by atoms with Gasteiger partial charge < -0.3 is 10.1 Å². The fourth-order valence-electron chi connectivity index (χ4n) is 2.78. The first-order chi connectivity index (χ1) is 13.3. The molecule has 0 aliphatic heterocycles. The van der Waals surface area contributed by atoms with E-state index in [1.807, 2.05) is 0 Å². The highest BCUT2D eigenvalue weighted by molar-refractivity contribution is 9.10. The van der Waals surface area contributed by atoms with E-state index in [2.05, 4.69) is 26.2 Å². The molecule has 0 saturated heterocycles. The van der Waals surface area contributed by atoms with Crippen LogP contribution in [0.2, 0.25) is 5.02 Å². The summed E-state index contributed by atoms with van der Waals surface area (Å²) in [5, 5.41) is 3.21. The Morgan fingerprint density at radius 1 is 1.25 bits per heavy atom. The zero-order valence-corrected chi connectivity index (χ0v) is 17.3. The Bertz CT molecular complexity index is 1010. The van der Waals surface area contributed by atoms with Gasteiger partial charge in [0.25, 0.3) is 5.91 Å². The first kappa shape index (κ1) is 20.5. The molecule has 2 aromatic carbocycles. The third kappa shape index (κ3) is 4.28. The summed E-state index contributed by atoms with van der Waals surface area (Å²) in [5.41, 5.74) is 0.747. The van der Waals surface area contributed by atoms with Gasteiger partial charge in [-0.05, 0) is 60.1 Å². The smallest absolute Gasteiger partial charge is 0.320 e. The number of carbonyl (C=O) groups excluding carboxylic acids is 1. The van der Waals surface area contributed by atoms with Gasteiger partial charge in [0, 0.05) is 5.02 Å². The summed E-state index contributed by atoms with van der Waals surface area (Å²) < 4.78 is 34.2. The molecule has 28 heavy (non-hydrogen) atoms. The molecule has 0 aliphatic carbocycles. The maximum absolute atomic E-state index is 13.6. The van der Waals surface area contributed by atoms with Crippen LogP contribution in [0.3, 0.4) is 0 Å². The standard InChI is InChI=1S/C19H17BrClF2N3O2/c1-10(17-25-14-5-3-4-6-15(14)26(17)19(22)23)24-18(27)11(2)28-16-8-7-12(21)9-13(16)20/h3-11,19H,1-2H3,(H,24,27). The highest BCUT2D eigenvalue weighted by atomic mass is 79.9. The number of nitrogens with zero attached hydrogens (tertiary/aromatic N) is 2. The van der Waals surface area contributed by atoms with Crippen LogP contribution >= 0.6 is 27.5 Å². The molecule has 0 aliphatic rings. The quantitative estimate of drug-likeness (QED) is 0.516. The second kappa shape index (κ2) is 8.45. The van der Waals surface area contributed by atoms with Crippen molar-refractivity contribution in [3.63, 3.8) is 0 Å². The third-order valence-corrected chi connectivity index (χ3v) is 4.99. The summed E-state index contributed by atoms with van der Waals surface area (Å²) in [6.45, 7) is 0.391. The number of ether oxygens (including phenoxy) is 1. The van der Waals surface area contributed by atoms with E-state index in [1.54, 1.807) is 56.3 Å². The molecule has 3 rings (SSSR count). The number of aromatic nitrogens is 2. The number of hydrogen-bond acceptors (Lipinski definition) is 3. The van der Waals surface area contributed by atoms with Gasteiger partial charge in [0.05, 0.1) is 21.5 Å². The number of fused-ring (bicyclic) bond motifs is 1. The van der Waals surface area contributed by atoms with Crippen molar-refractivity contribution in [2.45, 2.75) is 32.5 Å². The third-order valence-electron chi connectivity index (χ3n) is 4.13. The number of para-hydroxylation sites is 2. The lowest BCUT2D eigenvalue weighted by molar-refractivity contribution is -0.128. The minimum absolute atomic E-state index is 0.0735. The van der Waals surface area contributed by atoms with E-state index in [9.17, 15) is 13.6 Å². The minimum atomic E-state index is -2.78. The van der Waals surface area contributed by atoms with Crippen LogP contribution in [-0.4, -0.2) is 21.6 Å². The maximum Gasteiger partial charge on any atom is 0.320 e. The lowest BCUT2D eigenvalue weighted by atomic mass is 10.2. The molecule has 2 unspecified atom stereocenters. The number of halogens is 4. The number of amides is 1. The molecule has 1 aromatic heterocycles. The Balaban J connectivity index is 1.77. The second-order valence-electron chi connectivity index (χ2n) is 6.17. The van der Waals surface area contributed by atoms with Crippen molar-refractivity contribution in [1.82, 2.24) is 14.9 Å². The number of nitrogens with one attached hydrogen (secondary N) is 1. The monoisotopic (exact) mass is 471 g/mol. The van der Waals surface area contributed by atoms with E-state index in [1.165, 1.54) is 0 Å². The number of hydrogen-bond donors (Lipinski definition) is 1. The average Bonchev–Trinajstić information content (AvgIpc) is 3.03. The van der Waals surface area contributed by atoms with E-state index in [-0.39, 0.29) is 5.82 Å². The van der Waals surface area contributed by atoms with Crippen LogP contribution in [0.15, 0.2) is 46.9 Å². The topological polar surface area (TPSA) is 56.1 Å². The molecule has 5 nitrogen and oxygen atoms in total. The normalized spacial score (nSPS) is 13.5. The Kier molecular flexibility index (Phi) is 6.20. The highest BCUT2D eigenvalue weighted by Crippen LogP contribution is 2.29. The Morgan fingerprint density at radius 3 is 2.64 bits per heavy atom. The minimum Gasteiger partial charge on any atom is -0.480 e. The lowest BCUT2D eigenvalue weighted by Gasteiger charge is -2.20. The van der Waals surface area contributed by atoms with Crippen molar-refractivity contribution in [3.8, 4) is 5.75 Å². The van der Waals surface area contributed by atoms with Gasteiger partial charge in [-0.1, -0.05) is 23.7 Å². The Morgan fingerprint density at radius 2 is 1.96 bits per heavy atom. The molecule has 0 radical (unpaired) electrons. The molecular formula is C19H17BrClF2N3O2. The van der Waals surface area contributed by atoms with Crippen LogP contribution in [0.4, 0.5) is 8.78 Å². The summed E-state index contributed by atoms with van der Waals surface area (Å²) in [6.07, 6.45) is -0.857. The SMILES string of the molecule is CC(Oc1ccc(Cl)cc1Br)C(=O)NC(C)c1nc2ccccc2n1C(F)F. The van der Waals surface area contributed by atoms with Gasteiger partial charge in [0.15, 0.2) is 6.10 Å². The summed E-state index contributed by atoms with van der Waals surface area (Å²) in [4.78, 5) is 16.8. The van der Waals surface area contributed by atoms with E-state index in [0.717, 1.165) is 4.57 Å². The van der Waals surface area contributed by atoms with Crippen LogP contribution in [-0.2, 0) is 4.79 Å². The molecule has 148 valence electrons. The van der Waals surface area contributed by atoms with Crippen molar-refractivity contribution in [3.05, 3.63) is 57.8 Å². The van der Waals surface area contributed by atoms with E-state index in [0.29, 0.717) is 26.3 Å². The Hall–Kier alpha value is -2.19. The summed E-state index contributed by atoms with van der Waals surface area (Å²) in [5.74, 6) is 0.0613. The lowest BCUT2D eigenvalue weighted by Crippen LogP contribution is -2.38. The summed E-state index contributed by atoms with van der Waals surface area (Å²) in [6, 6.07) is 10.8. The zero-order valence-electron chi connectivity index (χ0n) is 15.0. The molecule has 0 bridgehead atoms. The van der Waals surface area contributed by atoms with Gasteiger partial charge in [-0.2, -0.15) is 8.78 Å². The van der Waals surface area contributed by atoms with Gasteiger partial charge in [-0.15, -0.1) is 0 Å². The van der Waals surface area contributed by atoms with Crippen LogP contribution < -0.4 is 10.1 Å². The molecule has 1 heterocycles. The van der Waals surface area contributed by atoms with Gasteiger partial charge >= 0.3 is 6.55 Å². The first-order valence-corrected chi connectivity index (χ1v) is 9.62. The summed E-state index contributed by atoms with van der Waals surface area (Å²) in [7, 11) is 0. The van der Waals surface area contributed by atoms with Gasteiger partial charge in [0.1, 0.15) is 11.6 Å². The van der Waals surface area contributed by atoms with Gasteiger partial charge in [-0.25, -0.2) is 4.98 Å². The van der Waals surface area contributed by atoms with Crippen molar-refractivity contribution in [1.29, 1.82) is 0 Å². The molecule has 1 amide bonds. The van der Waals surface area contributed by atoms with Crippen molar-refractivity contribution >= 4 is 44.5 Å². The second-order valence-corrected chi connectivity index (χ2v) is 7.46. The first-order valence-electron chi connectivity index (χ1n) is 8.45. The van der Waals surface area contributed by atoms with E-state index >= 15 is 0 Å². The predicted octanol–water partition coefficient (Wildman–Crippen LogP) is 5.49. The molecule has 3 aromatic rings. The number of imidazole rings is 1. The molecule has 0 saturated carbocycles. The average molecular weight is 473 g/mol. The predicted molar refractivity (Wildman–Crippen MR) is 107 cm³/mol. The maximum atomic E-state index is 13.6. The van der Waals surface area contributed by atoms with E-state index < -0.39 is 24.6 Å². The van der Waals surface area contributed by atoms with Crippen molar-refractivity contribution in [2.75, 3.05) is 0 Å². The molecular weight excluding hydrogens is 456 g/mol. The molecule has 9 heteroatoms. The van der Waals surface area contributed by atoms with Gasteiger partial charge in [0.2, 0.25) is 0 Å². The largest absolute Gasteiger partial charge is 0.480 e. The van der Waals surface area contributed by atoms with Crippen LogP contribution in [0.25, 0.3) is 11.0 Å². The zero-order chi connectivity index (χ0) is 20.4.